The number of ether oxygens (including phenoxy) is 1. The lowest BCUT2D eigenvalue weighted by atomic mass is 9.89. The molecule has 2 aliphatic rings. The second kappa shape index (κ2) is 9.12. The summed E-state index contributed by atoms with van der Waals surface area (Å²) in [5.74, 6) is 0.456. The van der Waals surface area contributed by atoms with Crippen LogP contribution in [0.3, 0.4) is 0 Å². The molecule has 6 nitrogen and oxygen atoms in total. The normalized spacial score (nSPS) is 19.2. The first-order valence-electron chi connectivity index (χ1n) is 10.8. The minimum absolute atomic E-state index is 0.0125. The van der Waals surface area contributed by atoms with Gasteiger partial charge in [-0.05, 0) is 52.0 Å². The fourth-order valence-electron chi connectivity index (χ4n) is 4.57. The molecule has 3 rings (SSSR count). The summed E-state index contributed by atoms with van der Waals surface area (Å²) in [5.41, 5.74) is 2.40. The highest BCUT2D eigenvalue weighted by Gasteiger charge is 2.29. The Morgan fingerprint density at radius 2 is 1.71 bits per heavy atom. The topological polar surface area (TPSA) is 65.6 Å². The van der Waals surface area contributed by atoms with Crippen LogP contribution in [-0.4, -0.2) is 65.5 Å². The second-order valence-electron chi connectivity index (χ2n) is 8.68. The highest BCUT2D eigenvalue weighted by molar-refractivity contribution is 6.00. The van der Waals surface area contributed by atoms with Gasteiger partial charge in [0, 0.05) is 38.4 Å². The molecule has 2 fully saturated rings. The zero-order chi connectivity index (χ0) is 20.3. The lowest BCUT2D eigenvalue weighted by Gasteiger charge is -2.37. The number of nitrogens with one attached hydrogen (secondary N) is 1. The molecule has 0 spiro atoms. The molecule has 0 bridgehead atoms. The van der Waals surface area contributed by atoms with Crippen molar-refractivity contribution in [1.29, 1.82) is 0 Å². The van der Waals surface area contributed by atoms with Gasteiger partial charge in [0.1, 0.15) is 5.69 Å². The Hall–Kier alpha value is -1.82. The Bertz CT molecular complexity index is 696. The van der Waals surface area contributed by atoms with E-state index in [0.29, 0.717) is 22.5 Å². The van der Waals surface area contributed by atoms with E-state index < -0.39 is 0 Å². The van der Waals surface area contributed by atoms with E-state index >= 15 is 0 Å². The number of aromatic amines is 1. The van der Waals surface area contributed by atoms with Gasteiger partial charge < -0.3 is 14.6 Å². The van der Waals surface area contributed by atoms with E-state index in [9.17, 15) is 9.59 Å². The van der Waals surface area contributed by atoms with Crippen LogP contribution in [0.15, 0.2) is 0 Å². The predicted molar refractivity (Wildman–Crippen MR) is 110 cm³/mol. The highest BCUT2D eigenvalue weighted by atomic mass is 16.5. The Morgan fingerprint density at radius 1 is 1.07 bits per heavy atom. The van der Waals surface area contributed by atoms with Gasteiger partial charge in [0.25, 0.3) is 5.91 Å². The predicted octanol–water partition coefficient (Wildman–Crippen LogP) is 3.53. The minimum atomic E-state index is -0.363. The van der Waals surface area contributed by atoms with Crippen molar-refractivity contribution in [3.63, 3.8) is 0 Å². The summed E-state index contributed by atoms with van der Waals surface area (Å²) in [7, 11) is 0. The monoisotopic (exact) mass is 389 g/mol. The molecule has 0 aromatic carbocycles. The van der Waals surface area contributed by atoms with Crippen molar-refractivity contribution < 1.29 is 14.3 Å². The van der Waals surface area contributed by atoms with Crippen LogP contribution in [0.1, 0.15) is 78.1 Å². The first-order chi connectivity index (χ1) is 13.4. The number of rotatable bonds is 5. The van der Waals surface area contributed by atoms with Crippen LogP contribution in [0.2, 0.25) is 0 Å². The quantitative estimate of drug-likeness (QED) is 0.783. The molecule has 0 atom stereocenters. The SMILES string of the molecule is Cc1[nH]c(C(=O)N2CCN(CC3CCCCC3)CC2)c(C)c1C(=O)OC(C)C. The van der Waals surface area contributed by atoms with Crippen LogP contribution < -0.4 is 0 Å². The summed E-state index contributed by atoms with van der Waals surface area (Å²) in [5, 5.41) is 0. The summed E-state index contributed by atoms with van der Waals surface area (Å²) in [6.45, 7) is 11.8. The molecule has 0 radical (unpaired) electrons. The molecule has 28 heavy (non-hydrogen) atoms. The van der Waals surface area contributed by atoms with Crippen LogP contribution in [0.5, 0.6) is 0 Å². The van der Waals surface area contributed by atoms with Crippen LogP contribution in [0.4, 0.5) is 0 Å². The second-order valence-corrected chi connectivity index (χ2v) is 8.68. The number of aryl methyl sites for hydroxylation is 1. The number of aromatic nitrogens is 1. The average Bonchev–Trinajstić information content (AvgIpc) is 2.96. The Labute approximate surface area is 168 Å². The lowest BCUT2D eigenvalue weighted by Crippen LogP contribution is -2.50. The van der Waals surface area contributed by atoms with Crippen molar-refractivity contribution in [2.45, 2.75) is 65.9 Å². The van der Waals surface area contributed by atoms with Crippen molar-refractivity contribution in [3.8, 4) is 0 Å². The van der Waals surface area contributed by atoms with Gasteiger partial charge in [-0.3, -0.25) is 9.69 Å². The molecular weight excluding hydrogens is 354 g/mol. The van der Waals surface area contributed by atoms with Crippen molar-refractivity contribution in [3.05, 3.63) is 22.5 Å². The van der Waals surface area contributed by atoms with Crippen LogP contribution in [0.25, 0.3) is 0 Å². The van der Waals surface area contributed by atoms with E-state index in [1.165, 1.54) is 38.6 Å². The maximum absolute atomic E-state index is 13.1. The Kier molecular flexibility index (Phi) is 6.81. The van der Waals surface area contributed by atoms with Crippen LogP contribution in [-0.2, 0) is 4.74 Å². The summed E-state index contributed by atoms with van der Waals surface area (Å²) in [6, 6.07) is 0. The number of amides is 1. The third kappa shape index (κ3) is 4.77. The van der Waals surface area contributed by atoms with Crippen molar-refractivity contribution in [1.82, 2.24) is 14.8 Å². The number of carbonyl (C=O) groups excluding carboxylic acids is 2. The molecule has 156 valence electrons. The number of carbonyl (C=O) groups is 2. The van der Waals surface area contributed by atoms with Gasteiger partial charge in [0.05, 0.1) is 11.7 Å². The van der Waals surface area contributed by atoms with Crippen LogP contribution >= 0.6 is 0 Å². The number of piperazine rings is 1. The van der Waals surface area contributed by atoms with Crippen molar-refractivity contribution >= 4 is 11.9 Å². The first kappa shape index (κ1) is 20.9. The number of hydrogen-bond donors (Lipinski definition) is 1. The molecular formula is C22H35N3O3. The van der Waals surface area contributed by atoms with E-state index in [1.807, 2.05) is 32.6 Å². The molecule has 1 aromatic rings. The summed E-state index contributed by atoms with van der Waals surface area (Å²) >= 11 is 0. The van der Waals surface area contributed by atoms with E-state index in [4.69, 9.17) is 4.74 Å². The summed E-state index contributed by atoms with van der Waals surface area (Å²) < 4.78 is 5.33. The minimum Gasteiger partial charge on any atom is -0.459 e. The summed E-state index contributed by atoms with van der Waals surface area (Å²) in [6.07, 6.45) is 6.66. The molecule has 1 aliphatic heterocycles. The molecule has 2 heterocycles. The molecule has 1 saturated carbocycles. The smallest absolute Gasteiger partial charge is 0.340 e. The van der Waals surface area contributed by atoms with Gasteiger partial charge in [0.15, 0.2) is 0 Å². The molecule has 6 heteroatoms. The Balaban J connectivity index is 1.60. The van der Waals surface area contributed by atoms with Gasteiger partial charge in [0.2, 0.25) is 0 Å². The molecule has 0 unspecified atom stereocenters. The zero-order valence-electron chi connectivity index (χ0n) is 17.8. The maximum Gasteiger partial charge on any atom is 0.340 e. The number of H-pyrrole nitrogens is 1. The largest absolute Gasteiger partial charge is 0.459 e. The molecule has 1 N–H and O–H groups in total. The molecule has 1 aromatic heterocycles. The van der Waals surface area contributed by atoms with Gasteiger partial charge in [-0.2, -0.15) is 0 Å². The fourth-order valence-corrected chi connectivity index (χ4v) is 4.57. The highest BCUT2D eigenvalue weighted by Crippen LogP contribution is 2.25. The van der Waals surface area contributed by atoms with E-state index in [-0.39, 0.29) is 18.0 Å². The Morgan fingerprint density at radius 3 is 2.32 bits per heavy atom. The van der Waals surface area contributed by atoms with Gasteiger partial charge in [-0.25, -0.2) is 4.79 Å². The number of hydrogen-bond acceptors (Lipinski definition) is 4. The average molecular weight is 390 g/mol. The third-order valence-corrected chi connectivity index (χ3v) is 6.10. The van der Waals surface area contributed by atoms with Crippen molar-refractivity contribution in [2.75, 3.05) is 32.7 Å². The third-order valence-electron chi connectivity index (χ3n) is 6.10. The van der Waals surface area contributed by atoms with Gasteiger partial charge >= 0.3 is 5.97 Å². The number of nitrogens with zero attached hydrogens (tertiary/aromatic N) is 2. The molecule has 1 amide bonds. The van der Waals surface area contributed by atoms with E-state index in [0.717, 1.165) is 32.1 Å². The standard InChI is InChI=1S/C22H35N3O3/c1-15(2)28-22(27)19-16(3)20(23-17(19)4)21(26)25-12-10-24(11-13-25)14-18-8-6-5-7-9-18/h15,18,23H,5-14H2,1-4H3. The molecule has 1 saturated heterocycles. The summed E-state index contributed by atoms with van der Waals surface area (Å²) in [4.78, 5) is 33.0. The molecule has 1 aliphatic carbocycles. The fraction of sp³-hybridized carbons (Fsp3) is 0.727. The zero-order valence-corrected chi connectivity index (χ0v) is 17.8. The number of esters is 1. The van der Waals surface area contributed by atoms with Gasteiger partial charge in [-0.15, -0.1) is 0 Å². The first-order valence-corrected chi connectivity index (χ1v) is 10.8. The van der Waals surface area contributed by atoms with Crippen molar-refractivity contribution in [2.24, 2.45) is 5.92 Å². The maximum atomic E-state index is 13.1. The lowest BCUT2D eigenvalue weighted by molar-refractivity contribution is 0.0376. The van der Waals surface area contributed by atoms with Crippen LogP contribution in [0, 0.1) is 19.8 Å². The van der Waals surface area contributed by atoms with Gasteiger partial charge in [-0.1, -0.05) is 19.3 Å². The van der Waals surface area contributed by atoms with E-state index in [2.05, 4.69) is 9.88 Å². The van der Waals surface area contributed by atoms with E-state index in [1.54, 1.807) is 0 Å².